The van der Waals surface area contributed by atoms with Gasteiger partial charge in [0, 0.05) is 19.3 Å². The van der Waals surface area contributed by atoms with E-state index in [4.69, 9.17) is 0 Å². The van der Waals surface area contributed by atoms with Gasteiger partial charge < -0.3 is 10.2 Å². The monoisotopic (exact) mass is 372 g/mol. The van der Waals surface area contributed by atoms with Crippen molar-refractivity contribution in [3.05, 3.63) is 89.7 Å². The quantitative estimate of drug-likeness (QED) is 0.719. The molecule has 142 valence electrons. The third kappa shape index (κ3) is 4.19. The van der Waals surface area contributed by atoms with E-state index in [0.717, 1.165) is 35.9 Å². The topological polar surface area (TPSA) is 58.1 Å². The summed E-state index contributed by atoms with van der Waals surface area (Å²) in [5.74, 6) is 0.382. The summed E-state index contributed by atoms with van der Waals surface area (Å²) < 4.78 is 0. The average Bonchev–Trinajstić information content (AvgIpc) is 3.29. The van der Waals surface area contributed by atoms with E-state index in [1.54, 1.807) is 6.20 Å². The van der Waals surface area contributed by atoms with Crippen LogP contribution in [0.4, 0.5) is 5.95 Å². The molecule has 1 amide bonds. The molecule has 0 saturated carbocycles. The molecule has 2 heterocycles. The number of anilines is 1. The van der Waals surface area contributed by atoms with Crippen LogP contribution >= 0.6 is 0 Å². The van der Waals surface area contributed by atoms with Gasteiger partial charge in [0.1, 0.15) is 0 Å². The number of benzene rings is 2. The minimum absolute atomic E-state index is 0.0289. The molecule has 1 aliphatic heterocycles. The van der Waals surface area contributed by atoms with Gasteiger partial charge in [0.15, 0.2) is 0 Å². The van der Waals surface area contributed by atoms with Crippen LogP contribution in [0.1, 0.15) is 35.6 Å². The van der Waals surface area contributed by atoms with E-state index in [-0.39, 0.29) is 11.8 Å². The second-order valence-electron chi connectivity index (χ2n) is 7.01. The average molecular weight is 372 g/mol. The minimum Gasteiger partial charge on any atom is -0.350 e. The molecule has 1 aromatic heterocycles. The van der Waals surface area contributed by atoms with Crippen molar-refractivity contribution in [2.45, 2.75) is 25.3 Å². The Morgan fingerprint density at radius 2 is 1.54 bits per heavy atom. The summed E-state index contributed by atoms with van der Waals surface area (Å²) in [4.78, 5) is 24.3. The standard InChI is InChI=1S/C23H24N4O/c28-22(21(18-9-3-1-4-10-18)19-11-5-2-6-12-19)25-17-20-13-14-24-23(26-20)27-15-7-8-16-27/h1-6,9-14,21H,7-8,15-17H2,(H,25,28). The van der Waals surface area contributed by atoms with Crippen molar-refractivity contribution in [2.75, 3.05) is 18.0 Å². The first-order valence-electron chi connectivity index (χ1n) is 9.76. The van der Waals surface area contributed by atoms with Crippen LogP contribution in [0, 0.1) is 0 Å². The number of carbonyl (C=O) groups is 1. The molecular formula is C23H24N4O. The number of hydrogen-bond donors (Lipinski definition) is 1. The molecule has 2 aromatic carbocycles. The van der Waals surface area contributed by atoms with Crippen LogP contribution in [-0.4, -0.2) is 29.0 Å². The smallest absolute Gasteiger partial charge is 0.232 e. The summed E-state index contributed by atoms with van der Waals surface area (Å²) in [7, 11) is 0. The van der Waals surface area contributed by atoms with Crippen molar-refractivity contribution in [1.82, 2.24) is 15.3 Å². The lowest BCUT2D eigenvalue weighted by Gasteiger charge is -2.18. The van der Waals surface area contributed by atoms with Gasteiger partial charge in [-0.1, -0.05) is 60.7 Å². The molecule has 0 atom stereocenters. The fraction of sp³-hybridized carbons (Fsp3) is 0.261. The highest BCUT2D eigenvalue weighted by Crippen LogP contribution is 2.25. The van der Waals surface area contributed by atoms with Crippen molar-refractivity contribution in [1.29, 1.82) is 0 Å². The van der Waals surface area contributed by atoms with Gasteiger partial charge in [-0.25, -0.2) is 9.97 Å². The number of carbonyl (C=O) groups excluding carboxylic acids is 1. The number of rotatable bonds is 6. The van der Waals surface area contributed by atoms with E-state index >= 15 is 0 Å². The summed E-state index contributed by atoms with van der Waals surface area (Å²) in [5, 5.41) is 3.07. The normalized spacial score (nSPS) is 13.7. The molecule has 5 heteroatoms. The fourth-order valence-corrected chi connectivity index (χ4v) is 3.62. The van der Waals surface area contributed by atoms with Gasteiger partial charge in [-0.2, -0.15) is 0 Å². The lowest BCUT2D eigenvalue weighted by molar-refractivity contribution is -0.121. The lowest BCUT2D eigenvalue weighted by Crippen LogP contribution is -2.30. The van der Waals surface area contributed by atoms with Crippen LogP contribution in [0.3, 0.4) is 0 Å². The first kappa shape index (κ1) is 18.2. The third-order valence-electron chi connectivity index (χ3n) is 5.06. The molecule has 1 aliphatic rings. The van der Waals surface area contributed by atoms with Gasteiger partial charge >= 0.3 is 0 Å². The molecule has 4 rings (SSSR count). The Hall–Kier alpha value is -3.21. The van der Waals surface area contributed by atoms with Gasteiger partial charge in [-0.3, -0.25) is 4.79 Å². The maximum absolute atomic E-state index is 13.1. The number of nitrogens with one attached hydrogen (secondary N) is 1. The molecular weight excluding hydrogens is 348 g/mol. The first-order valence-corrected chi connectivity index (χ1v) is 9.76. The predicted molar refractivity (Wildman–Crippen MR) is 110 cm³/mol. The summed E-state index contributed by atoms with van der Waals surface area (Å²) in [6.07, 6.45) is 4.13. The zero-order valence-corrected chi connectivity index (χ0v) is 15.8. The van der Waals surface area contributed by atoms with Gasteiger partial charge in [0.05, 0.1) is 18.2 Å². The second-order valence-corrected chi connectivity index (χ2v) is 7.01. The van der Waals surface area contributed by atoms with Gasteiger partial charge in [0.25, 0.3) is 0 Å². The number of aromatic nitrogens is 2. The molecule has 0 radical (unpaired) electrons. The van der Waals surface area contributed by atoms with Crippen molar-refractivity contribution in [2.24, 2.45) is 0 Å². The Kier molecular flexibility index (Phi) is 5.61. The summed E-state index contributed by atoms with van der Waals surface area (Å²) in [6, 6.07) is 21.6. The molecule has 28 heavy (non-hydrogen) atoms. The van der Waals surface area contributed by atoms with Crippen molar-refractivity contribution < 1.29 is 4.79 Å². The van der Waals surface area contributed by atoms with Crippen LogP contribution in [-0.2, 0) is 11.3 Å². The van der Waals surface area contributed by atoms with E-state index in [2.05, 4.69) is 20.2 Å². The molecule has 0 aliphatic carbocycles. The third-order valence-corrected chi connectivity index (χ3v) is 5.06. The fourth-order valence-electron chi connectivity index (χ4n) is 3.62. The van der Waals surface area contributed by atoms with Gasteiger partial charge in [-0.05, 0) is 30.0 Å². The largest absolute Gasteiger partial charge is 0.350 e. The van der Waals surface area contributed by atoms with Gasteiger partial charge in [-0.15, -0.1) is 0 Å². The van der Waals surface area contributed by atoms with Crippen molar-refractivity contribution in [3.63, 3.8) is 0 Å². The highest BCUT2D eigenvalue weighted by Gasteiger charge is 2.22. The summed E-state index contributed by atoms with van der Waals surface area (Å²) in [5.41, 5.74) is 2.78. The maximum Gasteiger partial charge on any atom is 0.232 e. The van der Waals surface area contributed by atoms with Crippen LogP contribution in [0.5, 0.6) is 0 Å². The zero-order valence-electron chi connectivity index (χ0n) is 15.8. The van der Waals surface area contributed by atoms with E-state index in [0.29, 0.717) is 6.54 Å². The number of hydrogen-bond acceptors (Lipinski definition) is 4. The van der Waals surface area contributed by atoms with E-state index < -0.39 is 0 Å². The van der Waals surface area contributed by atoms with Crippen LogP contribution in [0.25, 0.3) is 0 Å². The Morgan fingerprint density at radius 1 is 0.929 bits per heavy atom. The lowest BCUT2D eigenvalue weighted by atomic mass is 9.90. The van der Waals surface area contributed by atoms with E-state index in [1.165, 1.54) is 12.8 Å². The predicted octanol–water partition coefficient (Wildman–Crippen LogP) is 3.53. The van der Waals surface area contributed by atoms with E-state index in [9.17, 15) is 4.79 Å². The zero-order chi connectivity index (χ0) is 19.2. The summed E-state index contributed by atoms with van der Waals surface area (Å²) in [6.45, 7) is 2.39. The molecule has 0 unspecified atom stereocenters. The minimum atomic E-state index is -0.345. The van der Waals surface area contributed by atoms with Crippen LogP contribution < -0.4 is 10.2 Å². The second kappa shape index (κ2) is 8.65. The molecule has 5 nitrogen and oxygen atoms in total. The Labute approximate surface area is 165 Å². The van der Waals surface area contributed by atoms with Gasteiger partial charge in [0.2, 0.25) is 11.9 Å². The highest BCUT2D eigenvalue weighted by atomic mass is 16.1. The molecule has 0 bridgehead atoms. The number of amides is 1. The summed E-state index contributed by atoms with van der Waals surface area (Å²) >= 11 is 0. The Morgan fingerprint density at radius 3 is 2.14 bits per heavy atom. The van der Waals surface area contributed by atoms with E-state index in [1.807, 2.05) is 66.7 Å². The maximum atomic E-state index is 13.1. The molecule has 1 N–H and O–H groups in total. The highest BCUT2D eigenvalue weighted by molar-refractivity contribution is 5.87. The Balaban J connectivity index is 1.50. The molecule has 1 saturated heterocycles. The molecule has 0 spiro atoms. The van der Waals surface area contributed by atoms with Crippen molar-refractivity contribution in [3.8, 4) is 0 Å². The van der Waals surface area contributed by atoms with Crippen LogP contribution in [0.2, 0.25) is 0 Å². The first-order chi connectivity index (χ1) is 13.8. The van der Waals surface area contributed by atoms with Crippen LogP contribution in [0.15, 0.2) is 72.9 Å². The number of nitrogens with zero attached hydrogens (tertiary/aromatic N) is 3. The molecule has 1 fully saturated rings. The Bertz CT molecular complexity index is 869. The van der Waals surface area contributed by atoms with Crippen molar-refractivity contribution >= 4 is 11.9 Å². The molecule has 3 aromatic rings. The SMILES string of the molecule is O=C(NCc1ccnc(N2CCCC2)n1)C(c1ccccc1)c1ccccc1.